The van der Waals surface area contributed by atoms with Crippen molar-refractivity contribution in [2.45, 2.75) is 6.92 Å². The van der Waals surface area contributed by atoms with Crippen molar-refractivity contribution in [2.24, 2.45) is 5.73 Å². The monoisotopic (exact) mass is 343 g/mol. The first-order valence-electron chi connectivity index (χ1n) is 7.61. The van der Waals surface area contributed by atoms with Gasteiger partial charge < -0.3 is 16.4 Å². The summed E-state index contributed by atoms with van der Waals surface area (Å²) in [7, 11) is 0. The Balaban J connectivity index is 1.80. The smallest absolute Gasteiger partial charge is 0.251 e. The van der Waals surface area contributed by atoms with Gasteiger partial charge in [-0.25, -0.2) is 4.39 Å². The number of amides is 3. The van der Waals surface area contributed by atoms with Gasteiger partial charge in [0, 0.05) is 29.8 Å². The van der Waals surface area contributed by atoms with Crippen LogP contribution in [0.4, 0.5) is 4.39 Å². The van der Waals surface area contributed by atoms with Gasteiger partial charge in [0.2, 0.25) is 5.91 Å². The summed E-state index contributed by atoms with van der Waals surface area (Å²) in [6.45, 7) is 2.01. The fourth-order valence-electron chi connectivity index (χ4n) is 2.08. The molecule has 2 aromatic rings. The predicted octanol–water partition coefficient (Wildman–Crippen LogP) is 1.39. The number of primary amides is 1. The van der Waals surface area contributed by atoms with Crippen molar-refractivity contribution in [2.75, 3.05) is 13.1 Å². The van der Waals surface area contributed by atoms with Gasteiger partial charge in [-0.05, 0) is 48.9 Å². The lowest BCUT2D eigenvalue weighted by molar-refractivity contribution is 0.0927. The van der Waals surface area contributed by atoms with Gasteiger partial charge in [-0.3, -0.25) is 14.4 Å². The quantitative estimate of drug-likeness (QED) is 0.691. The van der Waals surface area contributed by atoms with Gasteiger partial charge in [-0.1, -0.05) is 6.07 Å². The van der Waals surface area contributed by atoms with E-state index >= 15 is 0 Å². The molecule has 0 radical (unpaired) electrons. The van der Waals surface area contributed by atoms with E-state index < -0.39 is 17.6 Å². The van der Waals surface area contributed by atoms with Crippen molar-refractivity contribution in [3.63, 3.8) is 0 Å². The van der Waals surface area contributed by atoms with Gasteiger partial charge in [-0.2, -0.15) is 0 Å². The highest BCUT2D eigenvalue weighted by molar-refractivity contribution is 5.97. The molecule has 2 rings (SSSR count). The molecule has 3 amide bonds. The lowest BCUT2D eigenvalue weighted by Gasteiger charge is -2.08. The van der Waals surface area contributed by atoms with Crippen LogP contribution in [0.25, 0.3) is 0 Å². The summed E-state index contributed by atoms with van der Waals surface area (Å²) < 4.78 is 13.4. The minimum atomic E-state index is -0.567. The summed E-state index contributed by atoms with van der Waals surface area (Å²) in [5, 5.41) is 5.23. The number of hydrogen-bond acceptors (Lipinski definition) is 3. The predicted molar refractivity (Wildman–Crippen MR) is 90.8 cm³/mol. The van der Waals surface area contributed by atoms with Crippen LogP contribution < -0.4 is 16.4 Å². The van der Waals surface area contributed by atoms with Crippen molar-refractivity contribution in [3.05, 3.63) is 70.5 Å². The standard InChI is InChI=1S/C18H18FN3O3/c1-11-2-3-14(10-15(11)19)18(25)22-9-8-21-17(24)13-6-4-12(5-7-13)16(20)23/h2-7,10H,8-9H2,1H3,(H2,20,23)(H,21,24)(H,22,25). The second-order valence-corrected chi connectivity index (χ2v) is 5.42. The average molecular weight is 343 g/mol. The molecule has 2 aromatic carbocycles. The molecule has 0 aliphatic heterocycles. The summed E-state index contributed by atoms with van der Waals surface area (Å²) in [6.07, 6.45) is 0. The van der Waals surface area contributed by atoms with E-state index in [4.69, 9.17) is 5.73 Å². The van der Waals surface area contributed by atoms with E-state index in [0.29, 0.717) is 16.7 Å². The Kier molecular flexibility index (Phi) is 5.84. The van der Waals surface area contributed by atoms with Gasteiger partial charge in [0.15, 0.2) is 0 Å². The van der Waals surface area contributed by atoms with Crippen molar-refractivity contribution in [1.29, 1.82) is 0 Å². The number of rotatable bonds is 6. The molecule has 0 aliphatic rings. The average Bonchev–Trinajstić information content (AvgIpc) is 2.60. The summed E-state index contributed by atoms with van der Waals surface area (Å²) in [5.74, 6) is -1.77. The number of nitrogens with one attached hydrogen (secondary N) is 2. The first kappa shape index (κ1) is 18.1. The lowest BCUT2D eigenvalue weighted by Crippen LogP contribution is -2.34. The molecule has 6 nitrogen and oxygen atoms in total. The van der Waals surface area contributed by atoms with Crippen LogP contribution in [-0.4, -0.2) is 30.8 Å². The topological polar surface area (TPSA) is 101 Å². The zero-order chi connectivity index (χ0) is 18.4. The molecule has 0 fully saturated rings. The SMILES string of the molecule is Cc1ccc(C(=O)NCCNC(=O)c2ccc(C(N)=O)cc2)cc1F. The second kappa shape index (κ2) is 8.05. The lowest BCUT2D eigenvalue weighted by atomic mass is 10.1. The molecule has 25 heavy (non-hydrogen) atoms. The highest BCUT2D eigenvalue weighted by atomic mass is 19.1. The Labute approximate surface area is 144 Å². The number of carbonyl (C=O) groups is 3. The Morgan fingerprint density at radius 2 is 1.36 bits per heavy atom. The van der Waals surface area contributed by atoms with Crippen molar-refractivity contribution < 1.29 is 18.8 Å². The second-order valence-electron chi connectivity index (χ2n) is 5.42. The first-order chi connectivity index (χ1) is 11.9. The Morgan fingerprint density at radius 1 is 0.880 bits per heavy atom. The molecule has 4 N–H and O–H groups in total. The van der Waals surface area contributed by atoms with Crippen LogP contribution in [0.2, 0.25) is 0 Å². The molecule has 0 heterocycles. The van der Waals surface area contributed by atoms with Crippen LogP contribution >= 0.6 is 0 Å². The summed E-state index contributed by atoms with van der Waals surface area (Å²) >= 11 is 0. The van der Waals surface area contributed by atoms with Crippen LogP contribution in [0.1, 0.15) is 36.6 Å². The molecule has 0 aliphatic carbocycles. The maximum atomic E-state index is 13.4. The summed E-state index contributed by atoms with van der Waals surface area (Å²) in [4.78, 5) is 34.8. The third kappa shape index (κ3) is 4.87. The van der Waals surface area contributed by atoms with E-state index in [1.165, 1.54) is 42.5 Å². The molecule has 0 bridgehead atoms. The van der Waals surface area contributed by atoms with E-state index in [0.717, 1.165) is 0 Å². The Hall–Kier alpha value is -3.22. The van der Waals surface area contributed by atoms with E-state index in [9.17, 15) is 18.8 Å². The third-order valence-corrected chi connectivity index (χ3v) is 3.56. The summed E-state index contributed by atoms with van der Waals surface area (Å²) in [5.41, 5.74) is 6.50. The largest absolute Gasteiger partial charge is 0.366 e. The molecule has 130 valence electrons. The Morgan fingerprint density at radius 3 is 1.88 bits per heavy atom. The van der Waals surface area contributed by atoms with Crippen molar-refractivity contribution >= 4 is 17.7 Å². The molecule has 0 saturated heterocycles. The van der Waals surface area contributed by atoms with Gasteiger partial charge in [0.25, 0.3) is 11.8 Å². The molecular weight excluding hydrogens is 325 g/mol. The molecule has 0 aromatic heterocycles. The number of hydrogen-bond donors (Lipinski definition) is 3. The molecule has 0 saturated carbocycles. The van der Waals surface area contributed by atoms with Crippen LogP contribution in [-0.2, 0) is 0 Å². The number of benzene rings is 2. The maximum Gasteiger partial charge on any atom is 0.251 e. The van der Waals surface area contributed by atoms with E-state index in [1.54, 1.807) is 6.92 Å². The fourth-order valence-corrected chi connectivity index (χ4v) is 2.08. The van der Waals surface area contributed by atoms with Gasteiger partial charge in [0.05, 0.1) is 0 Å². The molecule has 7 heteroatoms. The maximum absolute atomic E-state index is 13.4. The fraction of sp³-hybridized carbons (Fsp3) is 0.167. The number of halogens is 1. The minimum absolute atomic E-state index is 0.194. The van der Waals surface area contributed by atoms with E-state index in [-0.39, 0.29) is 24.6 Å². The van der Waals surface area contributed by atoms with Gasteiger partial charge in [0.1, 0.15) is 5.82 Å². The third-order valence-electron chi connectivity index (χ3n) is 3.56. The summed E-state index contributed by atoms with van der Waals surface area (Å²) in [6, 6.07) is 10.1. The van der Waals surface area contributed by atoms with E-state index in [2.05, 4.69) is 10.6 Å². The molecule has 0 spiro atoms. The molecule has 0 unspecified atom stereocenters. The zero-order valence-electron chi connectivity index (χ0n) is 13.6. The van der Waals surface area contributed by atoms with E-state index in [1.807, 2.05) is 0 Å². The van der Waals surface area contributed by atoms with Gasteiger partial charge >= 0.3 is 0 Å². The first-order valence-corrected chi connectivity index (χ1v) is 7.61. The van der Waals surface area contributed by atoms with Crippen LogP contribution in [0.5, 0.6) is 0 Å². The molecule has 0 atom stereocenters. The number of carbonyl (C=O) groups excluding carboxylic acids is 3. The highest BCUT2D eigenvalue weighted by Crippen LogP contribution is 2.09. The highest BCUT2D eigenvalue weighted by Gasteiger charge is 2.09. The Bertz CT molecular complexity index is 804. The molecular formula is C18H18FN3O3. The normalized spacial score (nSPS) is 10.2. The zero-order valence-corrected chi connectivity index (χ0v) is 13.6. The van der Waals surface area contributed by atoms with Crippen LogP contribution in [0.3, 0.4) is 0 Å². The minimum Gasteiger partial charge on any atom is -0.366 e. The van der Waals surface area contributed by atoms with Crippen LogP contribution in [0, 0.1) is 12.7 Å². The number of nitrogens with two attached hydrogens (primary N) is 1. The van der Waals surface area contributed by atoms with Crippen molar-refractivity contribution in [3.8, 4) is 0 Å². The van der Waals surface area contributed by atoms with Gasteiger partial charge in [-0.15, -0.1) is 0 Å². The van der Waals surface area contributed by atoms with Crippen molar-refractivity contribution in [1.82, 2.24) is 10.6 Å². The van der Waals surface area contributed by atoms with Crippen LogP contribution in [0.15, 0.2) is 42.5 Å². The number of aryl methyl sites for hydroxylation is 1.